The zero-order valence-electron chi connectivity index (χ0n) is 15.9. The maximum absolute atomic E-state index is 12.6. The van der Waals surface area contributed by atoms with E-state index in [4.69, 9.17) is 4.42 Å². The molecule has 5 rings (SSSR count). The highest BCUT2D eigenvalue weighted by Crippen LogP contribution is 2.46. The number of nitrogens with one attached hydrogen (secondary N) is 1. The summed E-state index contributed by atoms with van der Waals surface area (Å²) in [6.07, 6.45) is 6.68. The summed E-state index contributed by atoms with van der Waals surface area (Å²) in [7, 11) is 0. The molecule has 6 nitrogen and oxygen atoms in total. The number of benzene rings is 1. The standard InChI is InChI=1S/C21H22N4O2S2/c26-18(22-19-12-14-6-4-10-17(14)29-19)13-28-21-24-23-20(16-9-5-11-27-16)25(21)15-7-2-1-3-8-15/h1-3,5,7-9,11,14,17,19H,4,6,10,12-13H2,(H,22,26). The van der Waals surface area contributed by atoms with Crippen molar-refractivity contribution in [3.63, 3.8) is 0 Å². The highest BCUT2D eigenvalue weighted by Gasteiger charge is 2.38. The lowest BCUT2D eigenvalue weighted by atomic mass is 10.0. The number of hydrogen-bond donors (Lipinski definition) is 1. The van der Waals surface area contributed by atoms with Gasteiger partial charge >= 0.3 is 0 Å². The van der Waals surface area contributed by atoms with Gasteiger partial charge in [0.15, 0.2) is 10.9 Å². The number of fused-ring (bicyclic) bond motifs is 1. The van der Waals surface area contributed by atoms with E-state index >= 15 is 0 Å². The van der Waals surface area contributed by atoms with Gasteiger partial charge in [0.05, 0.1) is 17.4 Å². The van der Waals surface area contributed by atoms with Crippen LogP contribution in [0.15, 0.2) is 58.3 Å². The Morgan fingerprint density at radius 2 is 2.10 bits per heavy atom. The van der Waals surface area contributed by atoms with Crippen molar-refractivity contribution in [3.05, 3.63) is 48.7 Å². The van der Waals surface area contributed by atoms with Gasteiger partial charge < -0.3 is 9.73 Å². The van der Waals surface area contributed by atoms with Crippen LogP contribution in [0.25, 0.3) is 17.3 Å². The summed E-state index contributed by atoms with van der Waals surface area (Å²) in [4.78, 5) is 12.6. The van der Waals surface area contributed by atoms with Gasteiger partial charge in [-0.2, -0.15) is 0 Å². The summed E-state index contributed by atoms with van der Waals surface area (Å²) in [5.74, 6) is 2.43. The van der Waals surface area contributed by atoms with Crippen LogP contribution < -0.4 is 5.32 Å². The lowest BCUT2D eigenvalue weighted by Crippen LogP contribution is -2.32. The normalized spacial score (nSPS) is 23.2. The minimum atomic E-state index is 0.0506. The van der Waals surface area contributed by atoms with Crippen molar-refractivity contribution in [2.24, 2.45) is 5.92 Å². The fourth-order valence-electron chi connectivity index (χ4n) is 4.18. The van der Waals surface area contributed by atoms with Gasteiger partial charge in [0.2, 0.25) is 11.7 Å². The van der Waals surface area contributed by atoms with Gasteiger partial charge in [-0.1, -0.05) is 36.4 Å². The van der Waals surface area contributed by atoms with Crippen LogP contribution in [0.4, 0.5) is 0 Å². The SMILES string of the molecule is O=C(CSc1nnc(-c2ccco2)n1-c1ccccc1)NC1CC2CCCC2S1. The van der Waals surface area contributed by atoms with E-state index in [1.165, 1.54) is 31.0 Å². The first-order valence-electron chi connectivity index (χ1n) is 9.90. The number of aromatic nitrogens is 3. The van der Waals surface area contributed by atoms with Crippen LogP contribution in [0.1, 0.15) is 25.7 Å². The Balaban J connectivity index is 1.29. The molecule has 1 saturated carbocycles. The molecule has 3 atom stereocenters. The summed E-state index contributed by atoms with van der Waals surface area (Å²) < 4.78 is 7.47. The van der Waals surface area contributed by atoms with E-state index in [9.17, 15) is 4.79 Å². The van der Waals surface area contributed by atoms with Gasteiger partial charge in [-0.25, -0.2) is 0 Å². The van der Waals surface area contributed by atoms with E-state index in [1.807, 2.05) is 58.8 Å². The molecule has 0 radical (unpaired) electrons. The number of hydrogen-bond acceptors (Lipinski definition) is 6. The molecule has 0 spiro atoms. The molecule has 29 heavy (non-hydrogen) atoms. The third-order valence-electron chi connectivity index (χ3n) is 5.49. The van der Waals surface area contributed by atoms with E-state index in [1.54, 1.807) is 6.26 Å². The molecule has 2 aromatic heterocycles. The van der Waals surface area contributed by atoms with E-state index in [2.05, 4.69) is 15.5 Å². The summed E-state index contributed by atoms with van der Waals surface area (Å²) in [5.41, 5.74) is 0.936. The van der Waals surface area contributed by atoms with Crippen molar-refractivity contribution < 1.29 is 9.21 Å². The molecule has 2 aliphatic rings. The highest BCUT2D eigenvalue weighted by molar-refractivity contribution is 8.01. The maximum Gasteiger partial charge on any atom is 0.231 e. The average molecular weight is 427 g/mol. The lowest BCUT2D eigenvalue weighted by Gasteiger charge is -2.13. The Morgan fingerprint density at radius 3 is 2.90 bits per heavy atom. The zero-order valence-corrected chi connectivity index (χ0v) is 17.5. The second-order valence-corrected chi connectivity index (χ2v) is 9.79. The third-order valence-corrected chi connectivity index (χ3v) is 8.03. The molecule has 1 aliphatic carbocycles. The lowest BCUT2D eigenvalue weighted by molar-refractivity contribution is -0.118. The molecule has 3 unspecified atom stereocenters. The van der Waals surface area contributed by atoms with Crippen molar-refractivity contribution in [3.8, 4) is 17.3 Å². The Bertz CT molecular complexity index is 962. The topological polar surface area (TPSA) is 73.0 Å². The quantitative estimate of drug-likeness (QED) is 0.590. The smallest absolute Gasteiger partial charge is 0.231 e. The second kappa shape index (κ2) is 8.28. The number of nitrogens with zero attached hydrogens (tertiary/aromatic N) is 3. The van der Waals surface area contributed by atoms with Crippen molar-refractivity contribution in [1.82, 2.24) is 20.1 Å². The fraction of sp³-hybridized carbons (Fsp3) is 0.381. The van der Waals surface area contributed by atoms with Crippen LogP contribution >= 0.6 is 23.5 Å². The zero-order chi connectivity index (χ0) is 19.6. The van der Waals surface area contributed by atoms with Crippen LogP contribution in [-0.2, 0) is 4.79 Å². The number of rotatable bonds is 6. The molecule has 1 saturated heterocycles. The average Bonchev–Trinajstić information content (AvgIpc) is 3.50. The molecule has 0 bridgehead atoms. The predicted octanol–water partition coefficient (Wildman–Crippen LogP) is 4.37. The summed E-state index contributed by atoms with van der Waals surface area (Å²) in [5, 5.41) is 13.5. The fourth-order valence-corrected chi connectivity index (χ4v) is 6.69. The van der Waals surface area contributed by atoms with Gasteiger partial charge in [-0.3, -0.25) is 9.36 Å². The van der Waals surface area contributed by atoms with E-state index in [-0.39, 0.29) is 11.3 Å². The Kier molecular flexibility index (Phi) is 5.37. The molecule has 150 valence electrons. The molecule has 3 heterocycles. The van der Waals surface area contributed by atoms with Crippen LogP contribution in [0.2, 0.25) is 0 Å². The molecular weight excluding hydrogens is 404 g/mol. The molecule has 2 fully saturated rings. The number of carbonyl (C=O) groups excluding carboxylic acids is 1. The Morgan fingerprint density at radius 1 is 1.21 bits per heavy atom. The molecule has 8 heteroatoms. The van der Waals surface area contributed by atoms with Crippen LogP contribution in [0.3, 0.4) is 0 Å². The van der Waals surface area contributed by atoms with Crippen molar-refractivity contribution in [2.45, 2.75) is 41.5 Å². The largest absolute Gasteiger partial charge is 0.461 e. The van der Waals surface area contributed by atoms with Crippen molar-refractivity contribution in [1.29, 1.82) is 0 Å². The van der Waals surface area contributed by atoms with Gasteiger partial charge in [-0.15, -0.1) is 22.0 Å². The van der Waals surface area contributed by atoms with Gasteiger partial charge in [0.25, 0.3) is 0 Å². The maximum atomic E-state index is 12.6. The van der Waals surface area contributed by atoms with Crippen LogP contribution in [0, 0.1) is 5.92 Å². The molecule has 1 aromatic carbocycles. The minimum absolute atomic E-state index is 0.0506. The van der Waals surface area contributed by atoms with Gasteiger partial charge in [0, 0.05) is 10.9 Å². The first kappa shape index (κ1) is 18.8. The first-order chi connectivity index (χ1) is 14.3. The molecule has 1 aliphatic heterocycles. The molecular formula is C21H22N4O2S2. The number of para-hydroxylation sites is 1. The predicted molar refractivity (Wildman–Crippen MR) is 115 cm³/mol. The van der Waals surface area contributed by atoms with Crippen LogP contribution in [0.5, 0.6) is 0 Å². The third kappa shape index (κ3) is 3.96. The number of carbonyl (C=O) groups is 1. The van der Waals surface area contributed by atoms with Gasteiger partial charge in [0.1, 0.15) is 0 Å². The summed E-state index contributed by atoms with van der Waals surface area (Å²) in [6, 6.07) is 13.6. The van der Waals surface area contributed by atoms with Crippen molar-refractivity contribution in [2.75, 3.05) is 5.75 Å². The monoisotopic (exact) mass is 426 g/mol. The van der Waals surface area contributed by atoms with Crippen LogP contribution in [-0.4, -0.2) is 37.0 Å². The summed E-state index contributed by atoms with van der Waals surface area (Å²) in [6.45, 7) is 0. The van der Waals surface area contributed by atoms with Crippen molar-refractivity contribution >= 4 is 29.4 Å². The summed E-state index contributed by atoms with van der Waals surface area (Å²) >= 11 is 3.35. The number of thioether (sulfide) groups is 2. The van der Waals surface area contributed by atoms with E-state index in [0.717, 1.165) is 23.3 Å². The highest BCUT2D eigenvalue weighted by atomic mass is 32.2. The first-order valence-corrected chi connectivity index (χ1v) is 11.8. The number of furan rings is 1. The molecule has 1 N–H and O–H groups in total. The van der Waals surface area contributed by atoms with Gasteiger partial charge in [-0.05, 0) is 49.4 Å². The van der Waals surface area contributed by atoms with E-state index < -0.39 is 0 Å². The second-order valence-electron chi connectivity index (χ2n) is 7.40. The Labute approximate surface area is 177 Å². The Hall–Kier alpha value is -2.19. The molecule has 3 aromatic rings. The number of amides is 1. The minimum Gasteiger partial charge on any atom is -0.461 e. The van der Waals surface area contributed by atoms with E-state index in [0.29, 0.717) is 22.5 Å². The molecule has 1 amide bonds.